The van der Waals surface area contributed by atoms with Crippen molar-refractivity contribution in [1.29, 1.82) is 0 Å². The Balaban J connectivity index is 2.11. The van der Waals surface area contributed by atoms with Crippen molar-refractivity contribution >= 4 is 0 Å². The summed E-state index contributed by atoms with van der Waals surface area (Å²) in [5.41, 5.74) is 0. The third-order valence-electron chi connectivity index (χ3n) is 2.24. The fourth-order valence-corrected chi connectivity index (χ4v) is 1.31. The zero-order chi connectivity index (χ0) is 9.73. The van der Waals surface area contributed by atoms with E-state index in [-0.39, 0.29) is 12.6 Å². The average Bonchev–Trinajstić information content (AvgIpc) is 2.52. The van der Waals surface area contributed by atoms with Gasteiger partial charge in [-0.15, -0.1) is 0 Å². The predicted molar refractivity (Wildman–Crippen MR) is 49.5 cm³/mol. The van der Waals surface area contributed by atoms with Crippen LogP contribution in [0.4, 0.5) is 0 Å². The molecule has 78 valence electrons. The van der Waals surface area contributed by atoms with Crippen LogP contribution >= 0.6 is 0 Å². The predicted octanol–water partition coefficient (Wildman–Crippen LogP) is 0.110. The molecule has 0 spiro atoms. The van der Waals surface area contributed by atoms with Gasteiger partial charge in [-0.25, -0.2) is 0 Å². The third kappa shape index (κ3) is 3.60. The van der Waals surface area contributed by atoms with Crippen LogP contribution in [0.25, 0.3) is 0 Å². The molecule has 1 fully saturated rings. The van der Waals surface area contributed by atoms with Gasteiger partial charge >= 0.3 is 0 Å². The van der Waals surface area contributed by atoms with Gasteiger partial charge in [-0.3, -0.25) is 0 Å². The molecule has 1 unspecified atom stereocenters. The summed E-state index contributed by atoms with van der Waals surface area (Å²) in [6.07, 6.45) is 0.817. The molecule has 1 saturated heterocycles. The number of aliphatic hydroxyl groups excluding tert-OH is 1. The summed E-state index contributed by atoms with van der Waals surface area (Å²) in [6, 6.07) is 0.144. The summed E-state index contributed by atoms with van der Waals surface area (Å²) in [6.45, 7) is 6.23. The van der Waals surface area contributed by atoms with Crippen LogP contribution in [0.15, 0.2) is 0 Å². The maximum absolute atomic E-state index is 8.77. The van der Waals surface area contributed by atoms with E-state index in [2.05, 4.69) is 5.32 Å². The summed E-state index contributed by atoms with van der Waals surface area (Å²) in [7, 11) is 0. The quantitative estimate of drug-likeness (QED) is 0.644. The van der Waals surface area contributed by atoms with Crippen LogP contribution in [-0.4, -0.2) is 43.3 Å². The minimum Gasteiger partial charge on any atom is -0.395 e. The molecule has 1 heterocycles. The highest BCUT2D eigenvalue weighted by molar-refractivity contribution is 4.70. The van der Waals surface area contributed by atoms with Gasteiger partial charge in [0, 0.05) is 19.0 Å². The number of rotatable bonds is 5. The molecule has 4 nitrogen and oxygen atoms in total. The van der Waals surface area contributed by atoms with Crippen LogP contribution in [0.5, 0.6) is 0 Å². The van der Waals surface area contributed by atoms with Crippen LogP contribution < -0.4 is 5.32 Å². The Morgan fingerprint density at radius 2 is 2.08 bits per heavy atom. The Morgan fingerprint density at radius 1 is 1.46 bits per heavy atom. The monoisotopic (exact) mass is 189 g/mol. The minimum absolute atomic E-state index is 0.144. The van der Waals surface area contributed by atoms with Crippen molar-refractivity contribution in [3.8, 4) is 0 Å². The Hall–Kier alpha value is -0.160. The van der Waals surface area contributed by atoms with Crippen molar-refractivity contribution in [2.45, 2.75) is 32.1 Å². The molecule has 1 atom stereocenters. The Kier molecular flexibility index (Phi) is 4.12. The number of hydrogen-bond donors (Lipinski definition) is 2. The Bertz CT molecular complexity index is 146. The molecule has 0 aromatic heterocycles. The van der Waals surface area contributed by atoms with E-state index in [4.69, 9.17) is 14.6 Å². The molecule has 0 aromatic rings. The van der Waals surface area contributed by atoms with Crippen molar-refractivity contribution in [3.63, 3.8) is 0 Å². The molecule has 1 rings (SSSR count). The number of nitrogens with one attached hydrogen (secondary N) is 1. The van der Waals surface area contributed by atoms with E-state index in [1.807, 2.05) is 13.8 Å². The van der Waals surface area contributed by atoms with Gasteiger partial charge in [0.2, 0.25) is 0 Å². The maximum atomic E-state index is 8.77. The Labute approximate surface area is 79.2 Å². The largest absolute Gasteiger partial charge is 0.395 e. The lowest BCUT2D eigenvalue weighted by Crippen LogP contribution is -2.36. The number of ether oxygens (including phenoxy) is 2. The standard InChI is InChI=1S/C9H19NO3/c1-8(7-11)10-4-3-9(2)12-5-6-13-9/h8,10-11H,3-7H2,1-2H3. The molecule has 13 heavy (non-hydrogen) atoms. The summed E-state index contributed by atoms with van der Waals surface area (Å²) >= 11 is 0. The second-order valence-electron chi connectivity index (χ2n) is 3.62. The first-order chi connectivity index (χ1) is 6.16. The average molecular weight is 189 g/mol. The van der Waals surface area contributed by atoms with Gasteiger partial charge in [-0.1, -0.05) is 0 Å². The second kappa shape index (κ2) is 4.91. The zero-order valence-corrected chi connectivity index (χ0v) is 8.38. The SMILES string of the molecule is CC(CO)NCCC1(C)OCCO1. The topological polar surface area (TPSA) is 50.7 Å². The molecular weight excluding hydrogens is 170 g/mol. The molecular formula is C9H19NO3. The summed E-state index contributed by atoms with van der Waals surface area (Å²) in [4.78, 5) is 0. The van der Waals surface area contributed by atoms with E-state index in [0.717, 1.165) is 13.0 Å². The molecule has 1 aliphatic heterocycles. The van der Waals surface area contributed by atoms with E-state index in [1.165, 1.54) is 0 Å². The van der Waals surface area contributed by atoms with Gasteiger partial charge in [0.05, 0.1) is 19.8 Å². The van der Waals surface area contributed by atoms with Crippen molar-refractivity contribution in [1.82, 2.24) is 5.32 Å². The smallest absolute Gasteiger partial charge is 0.166 e. The van der Waals surface area contributed by atoms with E-state index in [1.54, 1.807) is 0 Å². The summed E-state index contributed by atoms with van der Waals surface area (Å²) < 4.78 is 10.9. The molecule has 4 heteroatoms. The molecule has 0 aliphatic carbocycles. The second-order valence-corrected chi connectivity index (χ2v) is 3.62. The van der Waals surface area contributed by atoms with Crippen molar-refractivity contribution in [3.05, 3.63) is 0 Å². The lowest BCUT2D eigenvalue weighted by molar-refractivity contribution is -0.145. The summed E-state index contributed by atoms with van der Waals surface area (Å²) in [5, 5.41) is 11.9. The van der Waals surface area contributed by atoms with Gasteiger partial charge in [-0.05, 0) is 13.8 Å². The number of hydrogen-bond acceptors (Lipinski definition) is 4. The molecule has 0 amide bonds. The highest BCUT2D eigenvalue weighted by Gasteiger charge is 2.30. The van der Waals surface area contributed by atoms with Crippen molar-refractivity contribution in [2.75, 3.05) is 26.4 Å². The maximum Gasteiger partial charge on any atom is 0.166 e. The Morgan fingerprint density at radius 3 is 2.62 bits per heavy atom. The van der Waals surface area contributed by atoms with E-state index in [0.29, 0.717) is 13.2 Å². The van der Waals surface area contributed by atoms with Gasteiger partial charge in [0.25, 0.3) is 0 Å². The zero-order valence-electron chi connectivity index (χ0n) is 8.38. The van der Waals surface area contributed by atoms with Crippen LogP contribution in [-0.2, 0) is 9.47 Å². The molecule has 0 aromatic carbocycles. The normalized spacial score (nSPS) is 23.3. The van der Waals surface area contributed by atoms with E-state index < -0.39 is 5.79 Å². The number of aliphatic hydroxyl groups is 1. The first kappa shape index (κ1) is 10.9. The van der Waals surface area contributed by atoms with Gasteiger partial charge in [-0.2, -0.15) is 0 Å². The van der Waals surface area contributed by atoms with Crippen LogP contribution in [0.3, 0.4) is 0 Å². The van der Waals surface area contributed by atoms with Crippen LogP contribution in [0.1, 0.15) is 20.3 Å². The molecule has 2 N–H and O–H groups in total. The van der Waals surface area contributed by atoms with Gasteiger partial charge in [0.1, 0.15) is 0 Å². The molecule has 0 radical (unpaired) electrons. The highest BCUT2D eigenvalue weighted by atomic mass is 16.7. The van der Waals surface area contributed by atoms with E-state index in [9.17, 15) is 0 Å². The van der Waals surface area contributed by atoms with Crippen molar-refractivity contribution in [2.24, 2.45) is 0 Å². The lowest BCUT2D eigenvalue weighted by atomic mass is 10.2. The first-order valence-corrected chi connectivity index (χ1v) is 4.78. The fourth-order valence-electron chi connectivity index (χ4n) is 1.31. The third-order valence-corrected chi connectivity index (χ3v) is 2.24. The van der Waals surface area contributed by atoms with Gasteiger partial charge < -0.3 is 19.9 Å². The lowest BCUT2D eigenvalue weighted by Gasteiger charge is -2.23. The van der Waals surface area contributed by atoms with Crippen molar-refractivity contribution < 1.29 is 14.6 Å². The molecule has 0 bridgehead atoms. The molecule has 1 aliphatic rings. The molecule has 0 saturated carbocycles. The van der Waals surface area contributed by atoms with Gasteiger partial charge in [0.15, 0.2) is 5.79 Å². The van der Waals surface area contributed by atoms with Crippen LogP contribution in [0.2, 0.25) is 0 Å². The van der Waals surface area contributed by atoms with E-state index >= 15 is 0 Å². The summed E-state index contributed by atoms with van der Waals surface area (Å²) in [5.74, 6) is -0.415. The minimum atomic E-state index is -0.415. The highest BCUT2D eigenvalue weighted by Crippen LogP contribution is 2.21. The fraction of sp³-hybridized carbons (Fsp3) is 1.00. The first-order valence-electron chi connectivity index (χ1n) is 4.78. The van der Waals surface area contributed by atoms with Crippen LogP contribution in [0, 0.1) is 0 Å².